The Morgan fingerprint density at radius 1 is 1.22 bits per heavy atom. The summed E-state index contributed by atoms with van der Waals surface area (Å²) >= 11 is 0. The van der Waals surface area contributed by atoms with Gasteiger partial charge in [0.25, 0.3) is 0 Å². The van der Waals surface area contributed by atoms with Crippen molar-refractivity contribution in [1.29, 1.82) is 0 Å². The molecule has 9 heteroatoms. The zero-order valence-electron chi connectivity index (χ0n) is 12.7. The summed E-state index contributed by atoms with van der Waals surface area (Å²) in [5.41, 5.74) is 1.27. The number of hydrogen-bond acceptors (Lipinski definition) is 6. The fourth-order valence-electron chi connectivity index (χ4n) is 3.66. The standard InChI is InChI=1S/C14H18N6O3/c1-7-4-2-3-5-9(7)19-11-8-6-10(20(22)23)15-12(8)17-18-13(11)16-14(19)21/h6-7,9,22-23H,2-5H2,1H3,(H,15,17)(H,16,18,21). The van der Waals surface area contributed by atoms with Crippen molar-refractivity contribution in [2.75, 3.05) is 5.23 Å². The van der Waals surface area contributed by atoms with Gasteiger partial charge < -0.3 is 4.98 Å². The van der Waals surface area contributed by atoms with Gasteiger partial charge in [-0.15, -0.1) is 15.4 Å². The minimum atomic E-state index is -0.201. The van der Waals surface area contributed by atoms with Gasteiger partial charge in [-0.1, -0.05) is 19.8 Å². The Labute approximate surface area is 130 Å². The lowest BCUT2D eigenvalue weighted by atomic mass is 9.85. The fourth-order valence-corrected chi connectivity index (χ4v) is 3.66. The Balaban J connectivity index is 2.01. The first-order valence-corrected chi connectivity index (χ1v) is 7.73. The van der Waals surface area contributed by atoms with Crippen molar-refractivity contribution in [3.63, 3.8) is 0 Å². The smallest absolute Gasteiger partial charge is 0.321 e. The van der Waals surface area contributed by atoms with Gasteiger partial charge >= 0.3 is 5.69 Å². The lowest BCUT2D eigenvalue weighted by molar-refractivity contribution is 0.0271. The normalized spacial score (nSPS) is 22.0. The number of H-pyrrole nitrogens is 2. The third kappa shape index (κ3) is 2.12. The molecule has 2 unspecified atom stereocenters. The van der Waals surface area contributed by atoms with Crippen molar-refractivity contribution >= 4 is 28.0 Å². The molecule has 0 spiro atoms. The van der Waals surface area contributed by atoms with Crippen molar-refractivity contribution in [3.05, 3.63) is 16.6 Å². The molecule has 0 aromatic carbocycles. The van der Waals surface area contributed by atoms with Gasteiger partial charge in [0.2, 0.25) is 0 Å². The number of aromatic amines is 2. The summed E-state index contributed by atoms with van der Waals surface area (Å²) in [5, 5.41) is 27.1. The highest BCUT2D eigenvalue weighted by molar-refractivity contribution is 6.01. The summed E-state index contributed by atoms with van der Waals surface area (Å²) in [6.45, 7) is 2.16. The molecule has 2 atom stereocenters. The Hall–Kier alpha value is -2.39. The summed E-state index contributed by atoms with van der Waals surface area (Å²) in [7, 11) is 0. The molecule has 122 valence electrons. The van der Waals surface area contributed by atoms with Gasteiger partial charge in [0, 0.05) is 6.04 Å². The Morgan fingerprint density at radius 3 is 2.70 bits per heavy atom. The Morgan fingerprint density at radius 2 is 1.96 bits per heavy atom. The predicted molar refractivity (Wildman–Crippen MR) is 82.7 cm³/mol. The zero-order chi connectivity index (χ0) is 16.1. The molecule has 1 saturated carbocycles. The van der Waals surface area contributed by atoms with Crippen LogP contribution in [-0.4, -0.2) is 35.1 Å². The first-order chi connectivity index (χ1) is 11.1. The van der Waals surface area contributed by atoms with E-state index in [1.54, 1.807) is 10.6 Å². The molecule has 0 radical (unpaired) electrons. The van der Waals surface area contributed by atoms with Crippen LogP contribution in [0.2, 0.25) is 0 Å². The van der Waals surface area contributed by atoms with Crippen LogP contribution in [0.15, 0.2) is 10.9 Å². The number of aromatic nitrogens is 5. The van der Waals surface area contributed by atoms with Crippen LogP contribution in [-0.2, 0) is 0 Å². The molecule has 0 saturated heterocycles. The largest absolute Gasteiger partial charge is 0.328 e. The Kier molecular flexibility index (Phi) is 3.13. The van der Waals surface area contributed by atoms with Crippen molar-refractivity contribution in [2.24, 2.45) is 5.92 Å². The van der Waals surface area contributed by atoms with Crippen LogP contribution in [0.4, 0.5) is 5.82 Å². The number of rotatable bonds is 2. The monoisotopic (exact) mass is 318 g/mol. The lowest BCUT2D eigenvalue weighted by Crippen LogP contribution is -2.28. The van der Waals surface area contributed by atoms with Crippen molar-refractivity contribution in [3.8, 4) is 0 Å². The number of imidazole rings is 1. The van der Waals surface area contributed by atoms with Crippen LogP contribution in [0.25, 0.3) is 22.2 Å². The third-order valence-electron chi connectivity index (χ3n) is 4.81. The zero-order valence-corrected chi connectivity index (χ0v) is 12.7. The number of fused-ring (bicyclic) bond motifs is 3. The molecule has 23 heavy (non-hydrogen) atoms. The molecule has 1 aliphatic rings. The molecular formula is C14H18N6O3. The molecule has 0 bridgehead atoms. The van der Waals surface area contributed by atoms with Gasteiger partial charge in [0.1, 0.15) is 5.52 Å². The van der Waals surface area contributed by atoms with E-state index >= 15 is 0 Å². The van der Waals surface area contributed by atoms with Gasteiger partial charge in [-0.3, -0.25) is 20.0 Å². The molecule has 4 rings (SSSR count). The second kappa shape index (κ2) is 5.07. The van der Waals surface area contributed by atoms with Gasteiger partial charge in [-0.25, -0.2) is 4.79 Å². The Bertz CT molecular complexity index is 924. The van der Waals surface area contributed by atoms with Crippen LogP contribution < -0.4 is 10.9 Å². The predicted octanol–water partition coefficient (Wildman–Crippen LogP) is 1.94. The van der Waals surface area contributed by atoms with E-state index in [1.807, 2.05) is 0 Å². The van der Waals surface area contributed by atoms with Gasteiger partial charge in [-0.05, 0) is 24.8 Å². The van der Waals surface area contributed by atoms with E-state index in [0.29, 0.717) is 28.1 Å². The summed E-state index contributed by atoms with van der Waals surface area (Å²) < 4.78 is 1.76. The van der Waals surface area contributed by atoms with E-state index in [-0.39, 0.29) is 22.8 Å². The average molecular weight is 318 g/mol. The molecule has 3 heterocycles. The highest BCUT2D eigenvalue weighted by atomic mass is 16.8. The topological polar surface area (TPSA) is 123 Å². The molecule has 0 aliphatic heterocycles. The third-order valence-corrected chi connectivity index (χ3v) is 4.81. The minimum Gasteiger partial charge on any atom is -0.321 e. The number of hydrogen-bond donors (Lipinski definition) is 4. The number of nitrogens with zero attached hydrogens (tertiary/aromatic N) is 4. The number of anilines is 1. The van der Waals surface area contributed by atoms with E-state index in [1.165, 1.54) is 6.42 Å². The summed E-state index contributed by atoms with van der Waals surface area (Å²) in [4.78, 5) is 18.0. The lowest BCUT2D eigenvalue weighted by Gasteiger charge is -2.29. The molecule has 1 fully saturated rings. The van der Waals surface area contributed by atoms with Gasteiger partial charge in [-0.2, -0.15) is 0 Å². The van der Waals surface area contributed by atoms with E-state index in [4.69, 9.17) is 0 Å². The molecule has 9 nitrogen and oxygen atoms in total. The SMILES string of the molecule is CC1CCCCC1n1c(=O)[nH]c2nnc3[nH]c(N(O)O)cc3c21. The maximum atomic E-state index is 12.5. The maximum absolute atomic E-state index is 12.5. The van der Waals surface area contributed by atoms with Crippen molar-refractivity contribution < 1.29 is 10.4 Å². The van der Waals surface area contributed by atoms with Crippen LogP contribution in [0, 0.1) is 5.92 Å². The maximum Gasteiger partial charge on any atom is 0.328 e. The molecule has 3 aromatic heterocycles. The van der Waals surface area contributed by atoms with E-state index < -0.39 is 0 Å². The van der Waals surface area contributed by atoms with Crippen molar-refractivity contribution in [2.45, 2.75) is 38.6 Å². The van der Waals surface area contributed by atoms with Crippen LogP contribution >= 0.6 is 0 Å². The summed E-state index contributed by atoms with van der Waals surface area (Å²) in [6, 6.07) is 1.65. The molecule has 3 aromatic rings. The van der Waals surface area contributed by atoms with Crippen LogP contribution in [0.3, 0.4) is 0 Å². The highest BCUT2D eigenvalue weighted by Gasteiger charge is 2.27. The minimum absolute atomic E-state index is 0.00809. The average Bonchev–Trinajstić information content (AvgIpc) is 3.08. The van der Waals surface area contributed by atoms with Gasteiger partial charge in [0.15, 0.2) is 17.1 Å². The van der Waals surface area contributed by atoms with Crippen LogP contribution in [0.5, 0.6) is 0 Å². The summed E-state index contributed by atoms with van der Waals surface area (Å²) in [6.07, 6.45) is 4.31. The first kappa shape index (κ1) is 14.2. The fraction of sp³-hybridized carbons (Fsp3) is 0.500. The molecule has 0 amide bonds. The van der Waals surface area contributed by atoms with Crippen LogP contribution in [0.1, 0.15) is 38.6 Å². The number of nitrogens with one attached hydrogen (secondary N) is 2. The molecular weight excluding hydrogens is 300 g/mol. The molecule has 1 aliphatic carbocycles. The first-order valence-electron chi connectivity index (χ1n) is 7.73. The second-order valence-electron chi connectivity index (χ2n) is 6.23. The molecule has 4 N–H and O–H groups in total. The second-order valence-corrected chi connectivity index (χ2v) is 6.23. The van der Waals surface area contributed by atoms with Gasteiger partial charge in [0.05, 0.1) is 5.39 Å². The summed E-state index contributed by atoms with van der Waals surface area (Å²) in [5.74, 6) is 0.466. The quantitative estimate of drug-likeness (QED) is 0.535. The van der Waals surface area contributed by atoms with Crippen molar-refractivity contribution in [1.82, 2.24) is 24.7 Å². The van der Waals surface area contributed by atoms with E-state index in [2.05, 4.69) is 27.1 Å². The van der Waals surface area contributed by atoms with E-state index in [0.717, 1.165) is 19.3 Å². The highest BCUT2D eigenvalue weighted by Crippen LogP contribution is 2.35. The van der Waals surface area contributed by atoms with E-state index in [9.17, 15) is 15.2 Å².